The zero-order chi connectivity index (χ0) is 21.1. The van der Waals surface area contributed by atoms with Gasteiger partial charge < -0.3 is 5.32 Å². The lowest BCUT2D eigenvalue weighted by molar-refractivity contribution is -0.129. The van der Waals surface area contributed by atoms with Crippen molar-refractivity contribution in [2.75, 3.05) is 11.3 Å². The van der Waals surface area contributed by atoms with Crippen molar-refractivity contribution in [1.29, 1.82) is 0 Å². The van der Waals surface area contributed by atoms with Crippen LogP contribution in [0.3, 0.4) is 0 Å². The molecule has 0 saturated heterocycles. The van der Waals surface area contributed by atoms with E-state index in [1.807, 2.05) is 31.2 Å². The summed E-state index contributed by atoms with van der Waals surface area (Å²) >= 11 is 0. The lowest BCUT2D eigenvalue weighted by atomic mass is 9.64. The van der Waals surface area contributed by atoms with Gasteiger partial charge in [-0.25, -0.2) is 8.42 Å². The van der Waals surface area contributed by atoms with E-state index in [4.69, 9.17) is 0 Å². The maximum atomic E-state index is 12.8. The molecule has 0 spiro atoms. The highest BCUT2D eigenvalue weighted by molar-refractivity contribution is 7.92. The van der Waals surface area contributed by atoms with Crippen molar-refractivity contribution >= 4 is 21.6 Å². The molecule has 1 saturated carbocycles. The van der Waals surface area contributed by atoms with Crippen LogP contribution in [0.15, 0.2) is 47.4 Å². The van der Waals surface area contributed by atoms with E-state index in [1.54, 1.807) is 25.1 Å². The normalized spacial score (nSPS) is 15.4. The molecule has 1 aliphatic rings. The number of carbonyl (C=O) groups excluding carboxylic acids is 1. The van der Waals surface area contributed by atoms with E-state index < -0.39 is 15.4 Å². The number of sulfonamides is 1. The summed E-state index contributed by atoms with van der Waals surface area (Å²) in [6, 6.07) is 12.6. The van der Waals surface area contributed by atoms with Crippen LogP contribution in [0.25, 0.3) is 0 Å². The molecule has 0 heterocycles. The Kier molecular flexibility index (Phi) is 6.32. The third-order valence-corrected chi connectivity index (χ3v) is 7.30. The minimum absolute atomic E-state index is 0.0842. The van der Waals surface area contributed by atoms with Crippen molar-refractivity contribution in [1.82, 2.24) is 5.32 Å². The van der Waals surface area contributed by atoms with Crippen molar-refractivity contribution in [2.24, 2.45) is 0 Å². The largest absolute Gasteiger partial charge is 0.355 e. The van der Waals surface area contributed by atoms with E-state index in [9.17, 15) is 13.2 Å². The Labute approximate surface area is 174 Å². The molecule has 0 radical (unpaired) electrons. The van der Waals surface area contributed by atoms with Crippen molar-refractivity contribution < 1.29 is 13.2 Å². The Balaban J connectivity index is 1.77. The molecule has 0 bridgehead atoms. The second kappa shape index (κ2) is 8.57. The van der Waals surface area contributed by atoms with Crippen LogP contribution in [0.1, 0.15) is 55.7 Å². The monoisotopic (exact) mass is 414 g/mol. The number of anilines is 1. The lowest BCUT2D eigenvalue weighted by Gasteiger charge is -2.40. The number of hydrogen-bond acceptors (Lipinski definition) is 3. The van der Waals surface area contributed by atoms with Crippen LogP contribution in [-0.2, 0) is 20.2 Å². The molecule has 2 aromatic rings. The minimum Gasteiger partial charge on any atom is -0.355 e. The number of rotatable bonds is 8. The average Bonchev–Trinajstić information content (AvgIpc) is 2.64. The molecule has 2 aromatic carbocycles. The predicted octanol–water partition coefficient (Wildman–Crippen LogP) is 4.44. The van der Waals surface area contributed by atoms with Crippen LogP contribution in [0, 0.1) is 13.8 Å². The van der Waals surface area contributed by atoms with Gasteiger partial charge in [0.05, 0.1) is 10.3 Å². The first-order valence-electron chi connectivity index (χ1n) is 10.3. The minimum atomic E-state index is -3.67. The summed E-state index contributed by atoms with van der Waals surface area (Å²) in [7, 11) is -3.67. The van der Waals surface area contributed by atoms with Crippen LogP contribution in [0.2, 0.25) is 0 Å². The number of benzene rings is 2. The van der Waals surface area contributed by atoms with Crippen molar-refractivity contribution in [3.8, 4) is 0 Å². The first-order valence-corrected chi connectivity index (χ1v) is 11.8. The van der Waals surface area contributed by atoms with Crippen LogP contribution < -0.4 is 10.0 Å². The molecular formula is C23H30N2O3S. The van der Waals surface area contributed by atoms with Crippen LogP contribution in [0.5, 0.6) is 0 Å². The van der Waals surface area contributed by atoms with E-state index in [1.165, 1.54) is 0 Å². The van der Waals surface area contributed by atoms with E-state index in [2.05, 4.69) is 17.0 Å². The van der Waals surface area contributed by atoms with Crippen LogP contribution in [0.4, 0.5) is 5.69 Å². The highest BCUT2D eigenvalue weighted by Crippen LogP contribution is 2.44. The molecule has 1 fully saturated rings. The van der Waals surface area contributed by atoms with Gasteiger partial charge in [0.15, 0.2) is 0 Å². The second-order valence-electron chi connectivity index (χ2n) is 8.00. The fraction of sp³-hybridized carbons (Fsp3) is 0.435. The second-order valence-corrected chi connectivity index (χ2v) is 9.65. The highest BCUT2D eigenvalue weighted by Gasteiger charge is 2.45. The number of aryl methyl sites for hydroxylation is 2. The molecule has 3 rings (SSSR count). The third-order valence-electron chi connectivity index (χ3n) is 5.78. The molecule has 156 valence electrons. The Morgan fingerprint density at radius 1 is 1.07 bits per heavy atom. The van der Waals surface area contributed by atoms with Crippen molar-refractivity contribution in [3.63, 3.8) is 0 Å². The van der Waals surface area contributed by atoms with Crippen molar-refractivity contribution in [3.05, 3.63) is 59.2 Å². The topological polar surface area (TPSA) is 75.3 Å². The van der Waals surface area contributed by atoms with Gasteiger partial charge >= 0.3 is 0 Å². The van der Waals surface area contributed by atoms with E-state index in [0.29, 0.717) is 17.8 Å². The zero-order valence-corrected chi connectivity index (χ0v) is 18.2. The van der Waals surface area contributed by atoms with Gasteiger partial charge in [-0.3, -0.25) is 9.52 Å². The first-order chi connectivity index (χ1) is 13.8. The Hall–Kier alpha value is -2.34. The van der Waals surface area contributed by atoms with E-state index in [-0.39, 0.29) is 10.8 Å². The molecule has 5 nitrogen and oxygen atoms in total. The molecule has 0 atom stereocenters. The summed E-state index contributed by atoms with van der Waals surface area (Å²) in [5, 5.41) is 3.06. The Morgan fingerprint density at radius 3 is 2.34 bits per heavy atom. The molecule has 1 aliphatic carbocycles. The zero-order valence-electron chi connectivity index (χ0n) is 17.4. The molecule has 0 unspecified atom stereocenters. The predicted molar refractivity (Wildman–Crippen MR) is 117 cm³/mol. The number of unbranched alkanes of at least 4 members (excludes halogenated alkanes) is 1. The third kappa shape index (κ3) is 4.47. The van der Waals surface area contributed by atoms with Gasteiger partial charge in [0.2, 0.25) is 5.91 Å². The lowest BCUT2D eigenvalue weighted by Crippen LogP contribution is -2.49. The molecule has 0 aliphatic heterocycles. The SMILES string of the molecule is CCCCNC(=O)C1(c2ccc(NS(=O)(=O)c3cc(C)ccc3C)cc2)CCC1. The smallest absolute Gasteiger partial charge is 0.262 e. The summed E-state index contributed by atoms with van der Waals surface area (Å²) in [5.41, 5.74) is 2.57. The standard InChI is InChI=1S/C23H30N2O3S/c1-4-5-15-24-22(26)23(13-6-14-23)19-9-11-20(12-10-19)25-29(27,28)21-16-17(2)7-8-18(21)3/h7-12,16,25H,4-6,13-15H2,1-3H3,(H,24,26). The number of hydrogen-bond donors (Lipinski definition) is 2. The maximum Gasteiger partial charge on any atom is 0.262 e. The summed E-state index contributed by atoms with van der Waals surface area (Å²) < 4.78 is 28.3. The summed E-state index contributed by atoms with van der Waals surface area (Å²) in [6.45, 7) is 6.46. The quantitative estimate of drug-likeness (QED) is 0.627. The number of amides is 1. The average molecular weight is 415 g/mol. The highest BCUT2D eigenvalue weighted by atomic mass is 32.2. The van der Waals surface area contributed by atoms with Crippen LogP contribution in [-0.4, -0.2) is 20.9 Å². The summed E-state index contributed by atoms with van der Waals surface area (Å²) in [5.74, 6) is 0.0842. The molecule has 29 heavy (non-hydrogen) atoms. The van der Waals surface area contributed by atoms with Crippen LogP contribution >= 0.6 is 0 Å². The molecular weight excluding hydrogens is 384 g/mol. The summed E-state index contributed by atoms with van der Waals surface area (Å²) in [4.78, 5) is 13.1. The summed E-state index contributed by atoms with van der Waals surface area (Å²) in [6.07, 6.45) is 4.71. The molecule has 6 heteroatoms. The van der Waals surface area contributed by atoms with Gasteiger partial charge in [-0.05, 0) is 68.0 Å². The van der Waals surface area contributed by atoms with E-state index >= 15 is 0 Å². The van der Waals surface area contributed by atoms with Gasteiger partial charge in [-0.2, -0.15) is 0 Å². The molecule has 0 aromatic heterocycles. The maximum absolute atomic E-state index is 12.8. The van der Waals surface area contributed by atoms with Gasteiger partial charge in [0.25, 0.3) is 10.0 Å². The molecule has 1 amide bonds. The fourth-order valence-corrected chi connectivity index (χ4v) is 5.18. The Morgan fingerprint density at radius 2 is 1.76 bits per heavy atom. The first kappa shape index (κ1) is 21.4. The van der Waals surface area contributed by atoms with E-state index in [0.717, 1.165) is 43.2 Å². The van der Waals surface area contributed by atoms with Gasteiger partial charge in [-0.15, -0.1) is 0 Å². The van der Waals surface area contributed by atoms with Gasteiger partial charge in [-0.1, -0.05) is 44.0 Å². The number of carbonyl (C=O) groups is 1. The number of nitrogens with one attached hydrogen (secondary N) is 2. The Bertz CT molecular complexity index is 978. The van der Waals surface area contributed by atoms with Crippen molar-refractivity contribution in [2.45, 2.75) is 63.2 Å². The van der Waals surface area contributed by atoms with Gasteiger partial charge in [0.1, 0.15) is 0 Å². The fourth-order valence-electron chi connectivity index (χ4n) is 3.79. The van der Waals surface area contributed by atoms with Gasteiger partial charge in [0, 0.05) is 12.2 Å². The molecule has 2 N–H and O–H groups in total.